The van der Waals surface area contributed by atoms with Gasteiger partial charge >= 0.3 is 30.8 Å². The predicted molar refractivity (Wildman–Crippen MR) is 92.1 cm³/mol. The number of aromatic nitrogens is 1. The molecule has 0 aliphatic rings. The number of hydrogen-bond acceptors (Lipinski definition) is 12. The van der Waals surface area contributed by atoms with Gasteiger partial charge in [0.2, 0.25) is 0 Å². The van der Waals surface area contributed by atoms with Crippen molar-refractivity contribution in [2.75, 3.05) is 0 Å². The maximum absolute atomic E-state index is 10.7. The molecule has 22 heteroatoms. The topological polar surface area (TPSA) is 322 Å². The van der Waals surface area contributed by atoms with E-state index in [9.17, 15) is 31.1 Å². The third kappa shape index (κ3) is 21.8. The summed E-state index contributed by atoms with van der Waals surface area (Å²) in [6, 6.07) is 1.79. The molecule has 1 aromatic rings. The zero-order valence-corrected chi connectivity index (χ0v) is 20.2. The Morgan fingerprint density at radius 1 is 0.839 bits per heavy atom. The van der Waals surface area contributed by atoms with E-state index in [0.29, 0.717) is 0 Å². The Labute approximate surface area is 187 Å². The van der Waals surface area contributed by atoms with Crippen molar-refractivity contribution in [3.05, 3.63) is 23.5 Å². The van der Waals surface area contributed by atoms with Crippen LogP contribution in [0.5, 0.6) is 0 Å². The zero-order valence-electron chi connectivity index (χ0n) is 16.0. The Balaban J connectivity index is -0.0000000390. The first kappa shape index (κ1) is 52.0. The van der Waals surface area contributed by atoms with Gasteiger partial charge in [-0.25, -0.2) is 16.8 Å². The molecule has 0 unspecified atom stereocenters. The number of alkyl halides is 6. The second-order valence-corrected chi connectivity index (χ2v) is 6.61. The second-order valence-electron chi connectivity index (χ2n) is 3.87. The normalized spacial score (nSPS) is 10.0. The molecular formula is C9H24F6N6O7OsS2. The van der Waals surface area contributed by atoms with Gasteiger partial charge in [0.15, 0.2) is 26.0 Å². The molecule has 0 spiro atoms. The average Bonchev–Trinajstić information content (AvgIpc) is 2.71. The third-order valence-electron chi connectivity index (χ3n) is 1.90. The van der Waals surface area contributed by atoms with Crippen molar-refractivity contribution in [1.29, 1.82) is 0 Å². The van der Waals surface area contributed by atoms with Crippen LogP contribution in [-0.4, -0.2) is 47.7 Å². The molecule has 0 aromatic carbocycles. The van der Waals surface area contributed by atoms with Crippen molar-refractivity contribution in [1.82, 2.24) is 35.7 Å². The smallest absolute Gasteiger partial charge is 0.741 e. The number of hydrogen-bond donors (Lipinski definition) is 6. The van der Waals surface area contributed by atoms with Gasteiger partial charge in [0.1, 0.15) is 0 Å². The summed E-state index contributed by atoms with van der Waals surface area (Å²) in [6.07, 6.45) is 1.77. The van der Waals surface area contributed by atoms with Gasteiger partial charge in [-0.3, -0.25) is 4.79 Å². The van der Waals surface area contributed by atoms with Crippen molar-refractivity contribution in [3.8, 4) is 0 Å². The summed E-state index contributed by atoms with van der Waals surface area (Å²) in [7, 11) is -12.2. The molecule has 0 amide bonds. The zero-order chi connectivity index (χ0) is 20.9. The number of aryl methyl sites for hydroxylation is 1. The summed E-state index contributed by atoms with van der Waals surface area (Å²) in [5.41, 5.74) is -9.56. The van der Waals surface area contributed by atoms with Crippen LogP contribution in [0, 0.1) is 6.92 Å². The standard InChI is InChI=1S/C7H9NO.2CHF3O3S.5H3N.Os/c1-5-7(6(2)9)3-4-8-5;2*2-1(3,4)8(5,6)7;;;;;;/h3-4,8H,1-2H3;2*(H,5,6,7);5*1H3;/q;;;;;;;;+2/p-2. The Morgan fingerprint density at radius 2 is 1.06 bits per heavy atom. The number of carbonyl (C=O) groups is 1. The van der Waals surface area contributed by atoms with E-state index >= 15 is 0 Å². The van der Waals surface area contributed by atoms with Gasteiger partial charge in [0, 0.05) is 17.5 Å². The average molecular weight is 697 g/mol. The van der Waals surface area contributed by atoms with E-state index in [2.05, 4.69) is 4.98 Å². The van der Waals surface area contributed by atoms with Crippen LogP contribution in [0.25, 0.3) is 0 Å². The molecule has 0 aliphatic carbocycles. The molecule has 1 heterocycles. The minimum absolute atomic E-state index is 0. The van der Waals surface area contributed by atoms with E-state index in [-0.39, 0.29) is 56.3 Å². The number of carbonyl (C=O) groups excluding carboxylic acids is 1. The maximum atomic E-state index is 10.7. The van der Waals surface area contributed by atoms with Gasteiger partial charge in [-0.2, -0.15) is 26.3 Å². The van der Waals surface area contributed by atoms with Gasteiger partial charge in [0.05, 0.1) is 0 Å². The van der Waals surface area contributed by atoms with Crippen LogP contribution in [0.3, 0.4) is 0 Å². The van der Waals surface area contributed by atoms with Crippen LogP contribution in [0.15, 0.2) is 12.3 Å². The number of nitrogens with one attached hydrogen (secondary N) is 1. The molecule has 194 valence electrons. The fourth-order valence-electron chi connectivity index (χ4n) is 0.834. The summed E-state index contributed by atoms with van der Waals surface area (Å²) in [6.45, 7) is 3.45. The summed E-state index contributed by atoms with van der Waals surface area (Å²) in [5.74, 6) is 0.119. The third-order valence-corrected chi connectivity index (χ3v) is 3.03. The minimum Gasteiger partial charge on any atom is -0.741 e. The summed E-state index contributed by atoms with van der Waals surface area (Å²) >= 11 is 0. The largest absolute Gasteiger partial charge is 2.00 e. The van der Waals surface area contributed by atoms with Gasteiger partial charge in [-0.15, -0.1) is 0 Å². The first-order chi connectivity index (χ1) is 10.7. The number of rotatable bonds is 1. The maximum Gasteiger partial charge on any atom is 2.00 e. The van der Waals surface area contributed by atoms with Crippen LogP contribution in [0.1, 0.15) is 23.0 Å². The molecular weight excluding hydrogens is 672 g/mol. The van der Waals surface area contributed by atoms with Crippen molar-refractivity contribution < 1.29 is 76.9 Å². The fourth-order valence-corrected chi connectivity index (χ4v) is 0.834. The Bertz CT molecular complexity index is 756. The van der Waals surface area contributed by atoms with E-state index in [1.165, 1.54) is 0 Å². The van der Waals surface area contributed by atoms with Gasteiger partial charge in [0.25, 0.3) is 0 Å². The quantitative estimate of drug-likeness (QED) is 0.107. The van der Waals surface area contributed by atoms with Gasteiger partial charge < -0.3 is 44.8 Å². The van der Waals surface area contributed by atoms with E-state index in [0.717, 1.165) is 11.3 Å². The van der Waals surface area contributed by atoms with Crippen molar-refractivity contribution >= 4 is 26.0 Å². The molecule has 0 saturated heterocycles. The van der Waals surface area contributed by atoms with Crippen LogP contribution >= 0.6 is 0 Å². The van der Waals surface area contributed by atoms with Gasteiger partial charge in [-0.1, -0.05) is 0 Å². The van der Waals surface area contributed by atoms with E-state index < -0.39 is 31.3 Å². The number of halogens is 6. The molecule has 0 atom stereocenters. The van der Waals surface area contributed by atoms with E-state index in [4.69, 9.17) is 25.9 Å². The Hall–Kier alpha value is -1.21. The van der Waals surface area contributed by atoms with Crippen LogP contribution in [-0.2, 0) is 40.0 Å². The molecule has 16 N–H and O–H groups in total. The minimum atomic E-state index is -6.09. The summed E-state index contributed by atoms with van der Waals surface area (Å²) < 4.78 is 118. The molecule has 1 aromatic heterocycles. The van der Waals surface area contributed by atoms with Crippen LogP contribution in [0.2, 0.25) is 0 Å². The SMILES string of the molecule is CC(=O)c1cc[nH]c1C.N.N.N.N.N.O=S(=O)([O-])C(F)(F)F.O=S(=O)([O-])C(F)(F)F.[Os+2]. The molecule has 0 saturated carbocycles. The van der Waals surface area contributed by atoms with Crippen LogP contribution in [0.4, 0.5) is 26.3 Å². The summed E-state index contributed by atoms with van der Waals surface area (Å²) in [5, 5.41) is 0. The molecule has 0 bridgehead atoms. The Kier molecular flexibility index (Phi) is 30.8. The van der Waals surface area contributed by atoms with E-state index in [1.54, 1.807) is 19.2 Å². The van der Waals surface area contributed by atoms with Crippen molar-refractivity contribution in [3.63, 3.8) is 0 Å². The van der Waals surface area contributed by atoms with Crippen molar-refractivity contribution in [2.24, 2.45) is 0 Å². The Morgan fingerprint density at radius 3 is 1.13 bits per heavy atom. The molecule has 31 heavy (non-hydrogen) atoms. The molecule has 0 aliphatic heterocycles. The van der Waals surface area contributed by atoms with Gasteiger partial charge in [-0.05, 0) is 19.9 Å². The van der Waals surface area contributed by atoms with E-state index in [1.807, 2.05) is 6.92 Å². The molecule has 0 fully saturated rings. The fraction of sp³-hybridized carbons (Fsp3) is 0.444. The number of H-pyrrole nitrogens is 1. The first-order valence-electron chi connectivity index (χ1n) is 5.41. The van der Waals surface area contributed by atoms with Crippen LogP contribution < -0.4 is 30.8 Å². The predicted octanol–water partition coefficient (Wildman–Crippen LogP) is 2.44. The molecule has 0 radical (unpaired) electrons. The number of ketones is 1. The summed E-state index contributed by atoms with van der Waals surface area (Å²) in [4.78, 5) is 13.6. The number of Topliss-reactive ketones (excluding diaryl/α,β-unsaturated/α-hetero) is 1. The number of aromatic amines is 1. The monoisotopic (exact) mass is 698 g/mol. The first-order valence-corrected chi connectivity index (χ1v) is 8.22. The van der Waals surface area contributed by atoms with Crippen molar-refractivity contribution in [2.45, 2.75) is 24.9 Å². The molecule has 13 nitrogen and oxygen atoms in total. The molecule has 1 rings (SSSR count). The second kappa shape index (κ2) is 18.4.